The van der Waals surface area contributed by atoms with Gasteiger partial charge in [-0.25, -0.2) is 4.57 Å². The largest absolute Gasteiger partial charge is 0.466 e. The molecule has 9 heteroatoms. The fourth-order valence-corrected chi connectivity index (χ4v) is 0.637. The van der Waals surface area contributed by atoms with Crippen molar-refractivity contribution >= 4 is 19.6 Å². The van der Waals surface area contributed by atoms with Crippen LogP contribution in [0.1, 0.15) is 13.8 Å². The number of amides is 2. The van der Waals surface area contributed by atoms with Gasteiger partial charge in [0, 0.05) is 13.8 Å². The molecular weight excluding hydrogens is 229 g/mol. The number of carbonyl (C=O) groups is 2. The van der Waals surface area contributed by atoms with E-state index in [1.54, 1.807) is 0 Å². The lowest BCUT2D eigenvalue weighted by atomic mass is 10.4. The Morgan fingerprint density at radius 2 is 1.40 bits per heavy atom. The summed E-state index contributed by atoms with van der Waals surface area (Å²) in [6.07, 6.45) is 0. The number of carbonyl (C=O) groups excluding carboxylic acids is 2. The second kappa shape index (κ2) is 7.49. The van der Waals surface area contributed by atoms with Crippen LogP contribution in [-0.2, 0) is 14.2 Å². The van der Waals surface area contributed by atoms with Crippen LogP contribution in [0, 0.1) is 0 Å². The number of aliphatic hydroxyl groups is 1. The van der Waals surface area contributed by atoms with Gasteiger partial charge in [0.2, 0.25) is 11.8 Å². The van der Waals surface area contributed by atoms with Gasteiger partial charge in [-0.05, 0) is 0 Å². The molecule has 0 fully saturated rings. The van der Waals surface area contributed by atoms with Gasteiger partial charge in [0.15, 0.2) is 0 Å². The van der Waals surface area contributed by atoms with Crippen molar-refractivity contribution in [1.29, 1.82) is 0 Å². The molecule has 2 amide bonds. The van der Waals surface area contributed by atoms with E-state index >= 15 is 0 Å². The quantitative estimate of drug-likeness (QED) is 0.431. The van der Waals surface area contributed by atoms with Gasteiger partial charge in [0.1, 0.15) is 0 Å². The Hall–Kier alpha value is -0.790. The van der Waals surface area contributed by atoms with Crippen LogP contribution in [0.3, 0.4) is 0 Å². The Labute approximate surface area is 86.4 Å². The van der Waals surface area contributed by atoms with Crippen LogP contribution in [-0.4, -0.2) is 49.7 Å². The molecule has 0 saturated heterocycles. The minimum atomic E-state index is -4.64. The predicted molar refractivity (Wildman–Crippen MR) is 49.4 cm³/mol. The minimum Gasteiger partial charge on any atom is -0.395 e. The van der Waals surface area contributed by atoms with E-state index in [9.17, 15) is 9.59 Å². The Kier molecular flexibility index (Phi) is 8.31. The third-order valence-electron chi connectivity index (χ3n) is 1.08. The van der Waals surface area contributed by atoms with Crippen molar-refractivity contribution in [2.75, 3.05) is 13.2 Å². The molecule has 0 aromatic rings. The molecule has 0 spiro atoms. The van der Waals surface area contributed by atoms with Crippen LogP contribution >= 0.6 is 7.82 Å². The summed E-state index contributed by atoms with van der Waals surface area (Å²) in [6.45, 7) is 2.48. The molecule has 0 rings (SSSR count). The zero-order chi connectivity index (χ0) is 12.6. The lowest BCUT2D eigenvalue weighted by Gasteiger charge is -2.14. The average Bonchev–Trinajstić information content (AvgIpc) is 1.95. The van der Waals surface area contributed by atoms with Gasteiger partial charge in [-0.3, -0.25) is 14.5 Å². The number of hydrogen-bond donors (Lipinski definition) is 4. The topological polar surface area (TPSA) is 135 Å². The van der Waals surface area contributed by atoms with E-state index in [0.29, 0.717) is 0 Å². The van der Waals surface area contributed by atoms with Crippen LogP contribution in [0.15, 0.2) is 0 Å². The molecule has 0 saturated carbocycles. The van der Waals surface area contributed by atoms with Crippen LogP contribution in [0.2, 0.25) is 0 Å². The third-order valence-corrected chi connectivity index (χ3v) is 1.08. The number of rotatable bonds is 2. The first-order chi connectivity index (χ1) is 6.59. The van der Waals surface area contributed by atoms with E-state index in [0.717, 1.165) is 4.90 Å². The molecule has 0 radical (unpaired) electrons. The van der Waals surface area contributed by atoms with Crippen LogP contribution in [0.4, 0.5) is 0 Å². The van der Waals surface area contributed by atoms with Crippen molar-refractivity contribution in [2.24, 2.45) is 0 Å². The highest BCUT2D eigenvalue weighted by atomic mass is 31.2. The standard InChI is InChI=1S/C6H11NO3.H3O4P/c1-5(9)7(3-4-8)6(2)10;1-5(2,3)4/h8H,3-4H2,1-2H3;(H3,1,2,3,4). The summed E-state index contributed by atoms with van der Waals surface area (Å²) in [5, 5.41) is 8.39. The molecule has 0 aliphatic heterocycles. The molecular formula is C6H14NO7P. The first-order valence-corrected chi connectivity index (χ1v) is 5.34. The molecule has 8 nitrogen and oxygen atoms in total. The summed E-state index contributed by atoms with van der Waals surface area (Å²) >= 11 is 0. The van der Waals surface area contributed by atoms with Gasteiger partial charge in [0.05, 0.1) is 13.2 Å². The van der Waals surface area contributed by atoms with Gasteiger partial charge in [-0.1, -0.05) is 0 Å². The Morgan fingerprint density at radius 1 is 1.13 bits per heavy atom. The number of aliphatic hydroxyl groups excluding tert-OH is 1. The Morgan fingerprint density at radius 3 is 1.47 bits per heavy atom. The Bertz CT molecular complexity index is 238. The first kappa shape index (κ1) is 16.6. The molecule has 0 aliphatic carbocycles. The fourth-order valence-electron chi connectivity index (χ4n) is 0.637. The van der Waals surface area contributed by atoms with Gasteiger partial charge < -0.3 is 19.8 Å². The highest BCUT2D eigenvalue weighted by Crippen LogP contribution is 2.25. The van der Waals surface area contributed by atoms with Crippen molar-refractivity contribution in [3.05, 3.63) is 0 Å². The van der Waals surface area contributed by atoms with Crippen molar-refractivity contribution in [3.8, 4) is 0 Å². The summed E-state index contributed by atoms with van der Waals surface area (Å²) in [5.74, 6) is -0.664. The molecule has 0 unspecified atom stereocenters. The van der Waals surface area contributed by atoms with Crippen LogP contribution in [0.25, 0.3) is 0 Å². The number of imide groups is 1. The van der Waals surface area contributed by atoms with Crippen molar-refractivity contribution in [3.63, 3.8) is 0 Å². The summed E-state index contributed by atoms with van der Waals surface area (Å²) in [4.78, 5) is 43.7. The molecule has 0 bridgehead atoms. The van der Waals surface area contributed by atoms with E-state index in [1.165, 1.54) is 13.8 Å². The predicted octanol–water partition coefficient (Wildman–Crippen LogP) is -1.55. The zero-order valence-corrected chi connectivity index (χ0v) is 9.22. The van der Waals surface area contributed by atoms with Gasteiger partial charge in [-0.15, -0.1) is 0 Å². The lowest BCUT2D eigenvalue weighted by molar-refractivity contribution is -0.142. The van der Waals surface area contributed by atoms with E-state index < -0.39 is 7.82 Å². The van der Waals surface area contributed by atoms with Gasteiger partial charge >= 0.3 is 7.82 Å². The third kappa shape index (κ3) is 15.9. The van der Waals surface area contributed by atoms with Gasteiger partial charge in [-0.2, -0.15) is 0 Å². The zero-order valence-electron chi connectivity index (χ0n) is 8.32. The molecule has 0 aromatic heterocycles. The summed E-state index contributed by atoms with van der Waals surface area (Å²) < 4.78 is 8.88. The normalized spacial score (nSPS) is 10.0. The first-order valence-electron chi connectivity index (χ1n) is 3.77. The Balaban J connectivity index is 0. The maximum atomic E-state index is 10.6. The highest BCUT2D eigenvalue weighted by molar-refractivity contribution is 7.45. The second-order valence-corrected chi connectivity index (χ2v) is 3.45. The fraction of sp³-hybridized carbons (Fsp3) is 0.667. The highest BCUT2D eigenvalue weighted by Gasteiger charge is 2.11. The van der Waals surface area contributed by atoms with Crippen molar-refractivity contribution in [1.82, 2.24) is 4.90 Å². The lowest BCUT2D eigenvalue weighted by Crippen LogP contribution is -2.35. The van der Waals surface area contributed by atoms with Crippen molar-refractivity contribution in [2.45, 2.75) is 13.8 Å². The maximum Gasteiger partial charge on any atom is 0.466 e. The maximum absolute atomic E-state index is 10.6. The van der Waals surface area contributed by atoms with E-state index in [4.69, 9.17) is 24.4 Å². The van der Waals surface area contributed by atoms with Crippen LogP contribution < -0.4 is 0 Å². The minimum absolute atomic E-state index is 0.0880. The number of nitrogens with zero attached hydrogens (tertiary/aromatic N) is 1. The molecule has 4 N–H and O–H groups in total. The molecule has 15 heavy (non-hydrogen) atoms. The monoisotopic (exact) mass is 243 g/mol. The molecule has 0 aliphatic rings. The SMILES string of the molecule is CC(=O)N(CCO)C(C)=O.O=P(O)(O)O. The average molecular weight is 243 g/mol. The van der Waals surface area contributed by atoms with Crippen molar-refractivity contribution < 1.29 is 33.9 Å². The second-order valence-electron chi connectivity index (χ2n) is 2.43. The summed E-state index contributed by atoms with van der Waals surface area (Å²) in [5.41, 5.74) is 0. The van der Waals surface area contributed by atoms with E-state index in [-0.39, 0.29) is 25.0 Å². The molecule has 0 aromatic carbocycles. The van der Waals surface area contributed by atoms with E-state index in [2.05, 4.69) is 0 Å². The molecule has 90 valence electrons. The number of hydrogen-bond acceptors (Lipinski definition) is 4. The van der Waals surface area contributed by atoms with Crippen LogP contribution in [0.5, 0.6) is 0 Å². The molecule has 0 atom stereocenters. The smallest absolute Gasteiger partial charge is 0.395 e. The molecule has 0 heterocycles. The van der Waals surface area contributed by atoms with Gasteiger partial charge in [0.25, 0.3) is 0 Å². The summed E-state index contributed by atoms with van der Waals surface area (Å²) in [7, 11) is -4.64. The van der Waals surface area contributed by atoms with E-state index in [1.807, 2.05) is 0 Å². The summed E-state index contributed by atoms with van der Waals surface area (Å²) in [6, 6.07) is 0. The number of phosphoric acid groups is 1.